The molecule has 1 heterocycles. The summed E-state index contributed by atoms with van der Waals surface area (Å²) in [5, 5.41) is 4.18. The highest BCUT2D eigenvalue weighted by molar-refractivity contribution is 7.08. The molecule has 86 valence electrons. The van der Waals surface area contributed by atoms with Gasteiger partial charge in [-0.05, 0) is 31.3 Å². The van der Waals surface area contributed by atoms with Crippen molar-refractivity contribution in [3.8, 4) is 11.8 Å². The van der Waals surface area contributed by atoms with E-state index >= 15 is 0 Å². The van der Waals surface area contributed by atoms with E-state index in [2.05, 4.69) is 40.6 Å². The van der Waals surface area contributed by atoms with Crippen molar-refractivity contribution >= 4 is 11.3 Å². The first-order chi connectivity index (χ1) is 7.86. The Morgan fingerprint density at radius 2 is 2.19 bits per heavy atom. The molecule has 0 aliphatic heterocycles. The lowest BCUT2D eigenvalue weighted by Crippen LogP contribution is -2.33. The quantitative estimate of drug-likeness (QED) is 0.708. The van der Waals surface area contributed by atoms with E-state index in [1.54, 1.807) is 11.3 Å². The van der Waals surface area contributed by atoms with Crippen LogP contribution in [0.5, 0.6) is 0 Å². The SMILES string of the molecule is CN(CC#Cc1ccsc1)C1CCCCC1. The van der Waals surface area contributed by atoms with E-state index in [1.807, 2.05) is 0 Å². The molecule has 0 atom stereocenters. The van der Waals surface area contributed by atoms with Gasteiger partial charge in [-0.3, -0.25) is 4.90 Å². The molecule has 0 unspecified atom stereocenters. The monoisotopic (exact) mass is 233 g/mol. The van der Waals surface area contributed by atoms with Gasteiger partial charge in [0, 0.05) is 17.0 Å². The average Bonchev–Trinajstić information content (AvgIpc) is 2.83. The summed E-state index contributed by atoms with van der Waals surface area (Å²) in [6.45, 7) is 0.903. The third-order valence-electron chi connectivity index (χ3n) is 3.28. The van der Waals surface area contributed by atoms with E-state index in [9.17, 15) is 0 Å². The van der Waals surface area contributed by atoms with Gasteiger partial charge >= 0.3 is 0 Å². The topological polar surface area (TPSA) is 3.24 Å². The first-order valence-electron chi connectivity index (χ1n) is 6.07. The van der Waals surface area contributed by atoms with E-state index < -0.39 is 0 Å². The summed E-state index contributed by atoms with van der Waals surface area (Å²) in [5.41, 5.74) is 1.15. The highest BCUT2D eigenvalue weighted by Crippen LogP contribution is 2.21. The second kappa shape index (κ2) is 6.08. The minimum Gasteiger partial charge on any atom is -0.292 e. The number of thiophene rings is 1. The molecule has 0 bridgehead atoms. The van der Waals surface area contributed by atoms with Crippen molar-refractivity contribution in [3.63, 3.8) is 0 Å². The van der Waals surface area contributed by atoms with Gasteiger partial charge in [-0.15, -0.1) is 0 Å². The summed E-state index contributed by atoms with van der Waals surface area (Å²) in [6.07, 6.45) is 6.93. The molecule has 0 amide bonds. The molecule has 1 saturated carbocycles. The van der Waals surface area contributed by atoms with E-state index in [0.717, 1.165) is 18.2 Å². The van der Waals surface area contributed by atoms with Crippen LogP contribution in [0.15, 0.2) is 16.8 Å². The van der Waals surface area contributed by atoms with Crippen LogP contribution in [-0.4, -0.2) is 24.5 Å². The van der Waals surface area contributed by atoms with Crippen LogP contribution in [0.4, 0.5) is 0 Å². The predicted octanol–water partition coefficient (Wildman–Crippen LogP) is 3.36. The van der Waals surface area contributed by atoms with Gasteiger partial charge < -0.3 is 0 Å². The molecule has 1 fully saturated rings. The normalized spacial score (nSPS) is 17.1. The number of rotatable bonds is 2. The van der Waals surface area contributed by atoms with Crippen molar-refractivity contribution in [2.45, 2.75) is 38.1 Å². The Bertz CT molecular complexity index is 352. The lowest BCUT2D eigenvalue weighted by molar-refractivity contribution is 0.212. The van der Waals surface area contributed by atoms with Crippen LogP contribution in [0, 0.1) is 11.8 Å². The maximum Gasteiger partial charge on any atom is 0.0605 e. The highest BCUT2D eigenvalue weighted by atomic mass is 32.1. The van der Waals surface area contributed by atoms with E-state index in [-0.39, 0.29) is 0 Å². The summed E-state index contributed by atoms with van der Waals surface area (Å²) in [7, 11) is 2.21. The molecule has 0 aromatic carbocycles. The molecule has 1 aromatic heterocycles. The predicted molar refractivity (Wildman–Crippen MR) is 70.7 cm³/mol. The Morgan fingerprint density at radius 3 is 2.88 bits per heavy atom. The molecule has 0 saturated heterocycles. The summed E-state index contributed by atoms with van der Waals surface area (Å²) in [5.74, 6) is 6.48. The molecule has 2 heteroatoms. The van der Waals surface area contributed by atoms with Crippen molar-refractivity contribution in [3.05, 3.63) is 22.4 Å². The fourth-order valence-corrected chi connectivity index (χ4v) is 2.84. The lowest BCUT2D eigenvalue weighted by atomic mass is 9.94. The summed E-state index contributed by atoms with van der Waals surface area (Å²) < 4.78 is 0. The van der Waals surface area contributed by atoms with Crippen LogP contribution in [0.1, 0.15) is 37.7 Å². The average molecular weight is 233 g/mol. The number of hydrogen-bond donors (Lipinski definition) is 0. The second-order valence-corrected chi connectivity index (χ2v) is 5.30. The van der Waals surface area contributed by atoms with E-state index in [0.29, 0.717) is 0 Å². The van der Waals surface area contributed by atoms with E-state index in [1.165, 1.54) is 32.1 Å². The number of nitrogens with zero attached hydrogens (tertiary/aromatic N) is 1. The zero-order valence-electron chi connectivity index (χ0n) is 9.91. The molecule has 0 N–H and O–H groups in total. The molecule has 0 radical (unpaired) electrons. The van der Waals surface area contributed by atoms with Crippen LogP contribution >= 0.6 is 11.3 Å². The molecule has 0 spiro atoms. The standard InChI is InChI=1S/C14H19NS/c1-15(14-7-3-2-4-8-14)10-5-6-13-9-11-16-12-13/h9,11-12,14H,2-4,7-8,10H2,1H3. The van der Waals surface area contributed by atoms with Crippen LogP contribution < -0.4 is 0 Å². The fraction of sp³-hybridized carbons (Fsp3) is 0.571. The molecule has 2 rings (SSSR count). The van der Waals surface area contributed by atoms with Gasteiger partial charge in [-0.2, -0.15) is 11.3 Å². The van der Waals surface area contributed by atoms with Gasteiger partial charge in [0.25, 0.3) is 0 Å². The molecular weight excluding hydrogens is 214 g/mol. The zero-order valence-corrected chi connectivity index (χ0v) is 10.7. The Balaban J connectivity index is 1.80. The van der Waals surface area contributed by atoms with Gasteiger partial charge in [-0.1, -0.05) is 31.1 Å². The van der Waals surface area contributed by atoms with Crippen molar-refractivity contribution in [1.82, 2.24) is 4.90 Å². The summed E-state index contributed by atoms with van der Waals surface area (Å²) in [6, 6.07) is 2.85. The van der Waals surface area contributed by atoms with Crippen LogP contribution in [0.25, 0.3) is 0 Å². The Hall–Kier alpha value is -0.780. The Labute approximate surface area is 102 Å². The number of hydrogen-bond acceptors (Lipinski definition) is 2. The first-order valence-corrected chi connectivity index (χ1v) is 7.02. The fourth-order valence-electron chi connectivity index (χ4n) is 2.25. The molecule has 1 aromatic rings. The minimum absolute atomic E-state index is 0.769. The van der Waals surface area contributed by atoms with Gasteiger partial charge in [0.2, 0.25) is 0 Å². The molecule has 1 aliphatic carbocycles. The molecule has 1 nitrogen and oxygen atoms in total. The smallest absolute Gasteiger partial charge is 0.0605 e. The lowest BCUT2D eigenvalue weighted by Gasteiger charge is -2.29. The van der Waals surface area contributed by atoms with E-state index in [4.69, 9.17) is 0 Å². The Kier molecular flexibility index (Phi) is 4.44. The van der Waals surface area contributed by atoms with Crippen LogP contribution in [0.2, 0.25) is 0 Å². The van der Waals surface area contributed by atoms with Crippen LogP contribution in [0.3, 0.4) is 0 Å². The largest absolute Gasteiger partial charge is 0.292 e. The van der Waals surface area contributed by atoms with Crippen molar-refractivity contribution in [2.75, 3.05) is 13.6 Å². The maximum absolute atomic E-state index is 3.27. The third kappa shape index (κ3) is 3.37. The highest BCUT2D eigenvalue weighted by Gasteiger charge is 2.16. The van der Waals surface area contributed by atoms with Gasteiger partial charge in [0.05, 0.1) is 6.54 Å². The third-order valence-corrected chi connectivity index (χ3v) is 3.96. The second-order valence-electron chi connectivity index (χ2n) is 4.52. The van der Waals surface area contributed by atoms with Gasteiger partial charge in [0.15, 0.2) is 0 Å². The van der Waals surface area contributed by atoms with Gasteiger partial charge in [0.1, 0.15) is 0 Å². The molecule has 1 aliphatic rings. The molecule has 16 heavy (non-hydrogen) atoms. The van der Waals surface area contributed by atoms with Gasteiger partial charge in [-0.25, -0.2) is 0 Å². The minimum atomic E-state index is 0.769. The van der Waals surface area contributed by atoms with Crippen LogP contribution in [-0.2, 0) is 0 Å². The summed E-state index contributed by atoms with van der Waals surface area (Å²) >= 11 is 1.71. The van der Waals surface area contributed by atoms with Crippen molar-refractivity contribution in [1.29, 1.82) is 0 Å². The first kappa shape index (κ1) is 11.7. The molecular formula is C14H19NS. The zero-order chi connectivity index (χ0) is 11.2. The van der Waals surface area contributed by atoms with Crippen molar-refractivity contribution in [2.24, 2.45) is 0 Å². The van der Waals surface area contributed by atoms with Crippen molar-refractivity contribution < 1.29 is 0 Å². The Morgan fingerprint density at radius 1 is 1.38 bits per heavy atom. The maximum atomic E-state index is 3.27. The summed E-state index contributed by atoms with van der Waals surface area (Å²) in [4.78, 5) is 2.42.